The largest absolute Gasteiger partial charge is 0.316 e. The fraction of sp³-hybridized carbons (Fsp3) is 0.368. The third-order valence-corrected chi connectivity index (χ3v) is 3.88. The second-order valence-electron chi connectivity index (χ2n) is 5.55. The maximum Gasteiger partial charge on any atom is 0.00232 e. The van der Waals surface area contributed by atoms with E-state index in [0.717, 1.165) is 19.5 Å². The van der Waals surface area contributed by atoms with E-state index in [1.54, 1.807) is 0 Å². The van der Waals surface area contributed by atoms with Crippen molar-refractivity contribution in [1.82, 2.24) is 5.32 Å². The van der Waals surface area contributed by atoms with Crippen molar-refractivity contribution in [1.29, 1.82) is 0 Å². The van der Waals surface area contributed by atoms with E-state index in [2.05, 4.69) is 74.6 Å². The third-order valence-electron chi connectivity index (χ3n) is 3.88. The van der Waals surface area contributed by atoms with Crippen LogP contribution >= 0.6 is 0 Å². The molecule has 1 heteroatoms. The highest BCUT2D eigenvalue weighted by atomic mass is 14.8. The Morgan fingerprint density at radius 1 is 1.00 bits per heavy atom. The van der Waals surface area contributed by atoms with Gasteiger partial charge in [0, 0.05) is 12.5 Å². The maximum atomic E-state index is 3.50. The van der Waals surface area contributed by atoms with Crippen LogP contribution in [0.5, 0.6) is 0 Å². The smallest absolute Gasteiger partial charge is 0.00232 e. The van der Waals surface area contributed by atoms with Gasteiger partial charge in [0.25, 0.3) is 0 Å². The Morgan fingerprint density at radius 2 is 1.75 bits per heavy atom. The number of aryl methyl sites for hydroxylation is 2. The van der Waals surface area contributed by atoms with Crippen LogP contribution in [0.3, 0.4) is 0 Å². The van der Waals surface area contributed by atoms with Crippen molar-refractivity contribution in [2.75, 3.05) is 13.1 Å². The zero-order chi connectivity index (χ0) is 14.4. The van der Waals surface area contributed by atoms with Crippen molar-refractivity contribution in [3.8, 4) is 0 Å². The topological polar surface area (TPSA) is 12.0 Å². The molecule has 0 aliphatic carbocycles. The van der Waals surface area contributed by atoms with Gasteiger partial charge in [-0.25, -0.2) is 0 Å². The minimum Gasteiger partial charge on any atom is -0.316 e. The van der Waals surface area contributed by atoms with E-state index in [1.165, 1.54) is 22.3 Å². The second kappa shape index (κ2) is 7.25. The molecule has 1 atom stereocenters. The van der Waals surface area contributed by atoms with Crippen molar-refractivity contribution < 1.29 is 0 Å². The van der Waals surface area contributed by atoms with Crippen LogP contribution in [-0.4, -0.2) is 13.1 Å². The highest BCUT2D eigenvalue weighted by Crippen LogP contribution is 2.22. The van der Waals surface area contributed by atoms with Crippen molar-refractivity contribution in [2.45, 2.75) is 33.1 Å². The van der Waals surface area contributed by atoms with Crippen LogP contribution < -0.4 is 5.32 Å². The minimum absolute atomic E-state index is 0.539. The average molecular weight is 267 g/mol. The molecule has 2 aromatic rings. The molecule has 0 spiro atoms. The van der Waals surface area contributed by atoms with E-state index in [1.807, 2.05) is 0 Å². The average Bonchev–Trinajstić information content (AvgIpc) is 2.46. The number of hydrogen-bond donors (Lipinski definition) is 1. The lowest BCUT2D eigenvalue weighted by Gasteiger charge is -2.19. The molecular weight excluding hydrogens is 242 g/mol. The normalized spacial score (nSPS) is 12.3. The van der Waals surface area contributed by atoms with Gasteiger partial charge in [0.05, 0.1) is 0 Å². The second-order valence-corrected chi connectivity index (χ2v) is 5.55. The Balaban J connectivity index is 2.19. The summed E-state index contributed by atoms with van der Waals surface area (Å²) < 4.78 is 0. The van der Waals surface area contributed by atoms with Crippen LogP contribution in [0.4, 0.5) is 0 Å². The first kappa shape index (κ1) is 14.8. The lowest BCUT2D eigenvalue weighted by molar-refractivity contribution is 0.594. The van der Waals surface area contributed by atoms with E-state index in [0.29, 0.717) is 5.92 Å². The van der Waals surface area contributed by atoms with Gasteiger partial charge in [-0.2, -0.15) is 0 Å². The molecular formula is C19H25N. The Kier molecular flexibility index (Phi) is 5.37. The summed E-state index contributed by atoms with van der Waals surface area (Å²) in [5.74, 6) is 0.539. The highest BCUT2D eigenvalue weighted by Gasteiger charge is 2.13. The molecule has 106 valence electrons. The van der Waals surface area contributed by atoms with Gasteiger partial charge < -0.3 is 5.32 Å². The molecule has 0 radical (unpaired) electrons. The van der Waals surface area contributed by atoms with Crippen LogP contribution in [0.25, 0.3) is 0 Å². The third kappa shape index (κ3) is 3.94. The number of likely N-dealkylation sites (N-methyl/N-ethyl adjacent to an activating group) is 1. The van der Waals surface area contributed by atoms with Gasteiger partial charge in [0.15, 0.2) is 0 Å². The molecule has 1 unspecified atom stereocenters. The summed E-state index contributed by atoms with van der Waals surface area (Å²) in [6.45, 7) is 8.60. The molecule has 0 saturated carbocycles. The number of benzene rings is 2. The van der Waals surface area contributed by atoms with Crippen molar-refractivity contribution in [3.63, 3.8) is 0 Å². The molecule has 0 saturated heterocycles. The summed E-state index contributed by atoms with van der Waals surface area (Å²) in [5, 5.41) is 3.50. The van der Waals surface area contributed by atoms with E-state index < -0.39 is 0 Å². The van der Waals surface area contributed by atoms with Crippen LogP contribution in [0.1, 0.15) is 35.1 Å². The van der Waals surface area contributed by atoms with Crippen LogP contribution in [-0.2, 0) is 6.42 Å². The lowest BCUT2D eigenvalue weighted by atomic mass is 9.89. The van der Waals surface area contributed by atoms with E-state index in [4.69, 9.17) is 0 Å². The van der Waals surface area contributed by atoms with E-state index in [-0.39, 0.29) is 0 Å². The molecule has 20 heavy (non-hydrogen) atoms. The molecule has 0 bridgehead atoms. The zero-order valence-electron chi connectivity index (χ0n) is 12.8. The molecule has 0 aliphatic heterocycles. The van der Waals surface area contributed by atoms with Crippen LogP contribution in [0, 0.1) is 13.8 Å². The zero-order valence-corrected chi connectivity index (χ0v) is 12.8. The summed E-state index contributed by atoms with van der Waals surface area (Å²) >= 11 is 0. The molecule has 0 fully saturated rings. The SMILES string of the molecule is CCNCC(Cc1ccc(C)cc1C)c1ccccc1. The molecule has 2 rings (SSSR count). The van der Waals surface area contributed by atoms with Crippen LogP contribution in [0.2, 0.25) is 0 Å². The highest BCUT2D eigenvalue weighted by molar-refractivity contribution is 5.33. The Hall–Kier alpha value is -1.60. The maximum absolute atomic E-state index is 3.50. The van der Waals surface area contributed by atoms with Crippen molar-refractivity contribution in [3.05, 3.63) is 70.8 Å². The van der Waals surface area contributed by atoms with Gasteiger partial charge in [-0.05, 0) is 43.5 Å². The van der Waals surface area contributed by atoms with Crippen molar-refractivity contribution in [2.24, 2.45) is 0 Å². The van der Waals surface area contributed by atoms with Gasteiger partial charge in [-0.1, -0.05) is 61.0 Å². The Morgan fingerprint density at radius 3 is 2.40 bits per heavy atom. The Bertz CT molecular complexity index is 531. The molecule has 1 nitrogen and oxygen atoms in total. The molecule has 0 aromatic heterocycles. The molecule has 2 aromatic carbocycles. The monoisotopic (exact) mass is 267 g/mol. The molecule has 0 amide bonds. The molecule has 0 aliphatic rings. The van der Waals surface area contributed by atoms with Crippen LogP contribution in [0.15, 0.2) is 48.5 Å². The number of hydrogen-bond acceptors (Lipinski definition) is 1. The summed E-state index contributed by atoms with van der Waals surface area (Å²) in [6, 6.07) is 17.6. The summed E-state index contributed by atoms with van der Waals surface area (Å²) in [5.41, 5.74) is 5.63. The number of rotatable bonds is 6. The van der Waals surface area contributed by atoms with E-state index >= 15 is 0 Å². The summed E-state index contributed by atoms with van der Waals surface area (Å²) in [6.07, 6.45) is 1.10. The quantitative estimate of drug-likeness (QED) is 0.825. The van der Waals surface area contributed by atoms with Gasteiger partial charge in [0.2, 0.25) is 0 Å². The predicted molar refractivity (Wildman–Crippen MR) is 87.3 cm³/mol. The Labute approximate surface area is 123 Å². The minimum atomic E-state index is 0.539. The van der Waals surface area contributed by atoms with Gasteiger partial charge in [0.1, 0.15) is 0 Å². The first-order chi connectivity index (χ1) is 9.70. The van der Waals surface area contributed by atoms with E-state index in [9.17, 15) is 0 Å². The molecule has 0 heterocycles. The standard InChI is InChI=1S/C19H25N/c1-4-20-14-19(17-8-6-5-7-9-17)13-18-11-10-15(2)12-16(18)3/h5-12,19-20H,4,13-14H2,1-3H3. The first-order valence-electron chi connectivity index (χ1n) is 7.52. The fourth-order valence-electron chi connectivity index (χ4n) is 2.69. The fourth-order valence-corrected chi connectivity index (χ4v) is 2.69. The van der Waals surface area contributed by atoms with Gasteiger partial charge in [-0.3, -0.25) is 0 Å². The summed E-state index contributed by atoms with van der Waals surface area (Å²) in [4.78, 5) is 0. The first-order valence-corrected chi connectivity index (χ1v) is 7.52. The summed E-state index contributed by atoms with van der Waals surface area (Å²) in [7, 11) is 0. The predicted octanol–water partition coefficient (Wildman–Crippen LogP) is 4.24. The van der Waals surface area contributed by atoms with Gasteiger partial charge >= 0.3 is 0 Å². The van der Waals surface area contributed by atoms with Gasteiger partial charge in [-0.15, -0.1) is 0 Å². The lowest BCUT2D eigenvalue weighted by Crippen LogP contribution is -2.22. The molecule has 1 N–H and O–H groups in total. The number of nitrogens with one attached hydrogen (secondary N) is 1. The van der Waals surface area contributed by atoms with Crippen molar-refractivity contribution >= 4 is 0 Å².